The van der Waals surface area contributed by atoms with Crippen LogP contribution in [0, 0.1) is 13.8 Å². The summed E-state index contributed by atoms with van der Waals surface area (Å²) in [5.41, 5.74) is 2.92. The molecule has 0 bridgehead atoms. The van der Waals surface area contributed by atoms with Crippen molar-refractivity contribution in [2.75, 3.05) is 13.2 Å². The van der Waals surface area contributed by atoms with Crippen LogP contribution in [0.25, 0.3) is 22.1 Å². The van der Waals surface area contributed by atoms with Gasteiger partial charge in [0.05, 0.1) is 35.3 Å². The van der Waals surface area contributed by atoms with E-state index in [4.69, 9.17) is 9.47 Å². The topological polar surface area (TPSA) is 144 Å². The van der Waals surface area contributed by atoms with Crippen molar-refractivity contribution in [1.82, 2.24) is 19.9 Å². The van der Waals surface area contributed by atoms with E-state index in [1.807, 2.05) is 26.0 Å². The molecule has 2 heterocycles. The van der Waals surface area contributed by atoms with Crippen molar-refractivity contribution in [3.8, 4) is 0 Å². The molecule has 34 heavy (non-hydrogen) atoms. The van der Waals surface area contributed by atoms with Crippen molar-refractivity contribution >= 4 is 34.0 Å². The Morgan fingerprint density at radius 2 is 1.24 bits per heavy atom. The number of aromatic amines is 2. The molecule has 4 rings (SSSR count). The van der Waals surface area contributed by atoms with Crippen LogP contribution < -0.4 is 11.1 Å². The number of benzene rings is 2. The molecule has 4 aromatic rings. The fourth-order valence-electron chi connectivity index (χ4n) is 3.07. The highest BCUT2D eigenvalue weighted by Gasteiger charge is 2.15. The Labute approximate surface area is 194 Å². The Bertz CT molecular complexity index is 1490. The average Bonchev–Trinajstić information content (AvgIpc) is 2.79. The third kappa shape index (κ3) is 5.52. The zero-order valence-corrected chi connectivity index (χ0v) is 19.2. The van der Waals surface area contributed by atoms with E-state index in [1.54, 1.807) is 38.1 Å². The molecule has 2 aromatic carbocycles. The zero-order chi connectivity index (χ0) is 24.8. The second kappa shape index (κ2) is 10.5. The minimum Gasteiger partial charge on any atom is -0.461 e. The Hall–Kier alpha value is -4.34. The first-order valence-corrected chi connectivity index (χ1v) is 10.6. The lowest BCUT2D eigenvalue weighted by atomic mass is 10.2. The van der Waals surface area contributed by atoms with Gasteiger partial charge in [-0.15, -0.1) is 0 Å². The highest BCUT2D eigenvalue weighted by molar-refractivity contribution is 5.90. The highest BCUT2D eigenvalue weighted by atomic mass is 16.5. The molecule has 0 saturated carbocycles. The van der Waals surface area contributed by atoms with E-state index in [-0.39, 0.29) is 24.6 Å². The Kier molecular flexibility index (Phi) is 7.52. The van der Waals surface area contributed by atoms with E-state index >= 15 is 0 Å². The molecule has 2 N–H and O–H groups in total. The van der Waals surface area contributed by atoms with Crippen molar-refractivity contribution < 1.29 is 19.1 Å². The van der Waals surface area contributed by atoms with E-state index < -0.39 is 23.1 Å². The van der Waals surface area contributed by atoms with Crippen LogP contribution in [0.4, 0.5) is 0 Å². The van der Waals surface area contributed by atoms with Crippen LogP contribution in [0.3, 0.4) is 0 Å². The number of H-pyrrole nitrogens is 2. The minimum atomic E-state index is -0.698. The summed E-state index contributed by atoms with van der Waals surface area (Å²) in [6.45, 7) is 7.61. The Morgan fingerprint density at radius 3 is 1.82 bits per heavy atom. The largest absolute Gasteiger partial charge is 0.461 e. The lowest BCUT2D eigenvalue weighted by molar-refractivity contribution is 0.0508. The smallest absolute Gasteiger partial charge is 0.362 e. The molecule has 0 aliphatic rings. The van der Waals surface area contributed by atoms with Crippen molar-refractivity contribution in [3.05, 3.63) is 79.6 Å². The number of ether oxygens (including phenoxy) is 2. The number of aromatic nitrogens is 4. The summed E-state index contributed by atoms with van der Waals surface area (Å²) in [4.78, 5) is 59.5. The molecule has 0 saturated heterocycles. The summed E-state index contributed by atoms with van der Waals surface area (Å²) < 4.78 is 9.53. The lowest BCUT2D eigenvalue weighted by Gasteiger charge is -2.02. The van der Waals surface area contributed by atoms with Gasteiger partial charge >= 0.3 is 11.9 Å². The molecule has 176 valence electrons. The van der Waals surface area contributed by atoms with Gasteiger partial charge in [-0.25, -0.2) is 19.6 Å². The van der Waals surface area contributed by atoms with E-state index in [2.05, 4.69) is 19.9 Å². The summed E-state index contributed by atoms with van der Waals surface area (Å²) in [7, 11) is 0. The van der Waals surface area contributed by atoms with Crippen molar-refractivity contribution in [1.29, 1.82) is 0 Å². The minimum absolute atomic E-state index is 0.204. The molecule has 0 atom stereocenters. The fourth-order valence-corrected chi connectivity index (χ4v) is 3.07. The van der Waals surface area contributed by atoms with Gasteiger partial charge in [-0.05, 0) is 63.1 Å². The van der Waals surface area contributed by atoms with Gasteiger partial charge in [0.25, 0.3) is 11.1 Å². The van der Waals surface area contributed by atoms with Crippen molar-refractivity contribution in [2.45, 2.75) is 27.7 Å². The van der Waals surface area contributed by atoms with Gasteiger partial charge in [-0.1, -0.05) is 12.1 Å². The number of carbonyl (C=O) groups excluding carboxylic acids is 2. The van der Waals surface area contributed by atoms with Crippen LogP contribution in [0.2, 0.25) is 0 Å². The number of esters is 2. The highest BCUT2D eigenvalue weighted by Crippen LogP contribution is 2.11. The predicted molar refractivity (Wildman–Crippen MR) is 126 cm³/mol. The van der Waals surface area contributed by atoms with Gasteiger partial charge in [0.15, 0.2) is 0 Å². The number of hydrogen-bond acceptors (Lipinski definition) is 8. The fraction of sp³-hybridized carbons (Fsp3) is 0.250. The Balaban J connectivity index is 0.000000191. The van der Waals surface area contributed by atoms with Gasteiger partial charge in [0.2, 0.25) is 11.4 Å². The first kappa shape index (κ1) is 24.3. The normalized spacial score (nSPS) is 10.5. The zero-order valence-electron chi connectivity index (χ0n) is 19.2. The molecule has 2 aromatic heterocycles. The van der Waals surface area contributed by atoms with Crippen LogP contribution in [-0.4, -0.2) is 45.1 Å². The first-order valence-electron chi connectivity index (χ1n) is 10.6. The standard InChI is InChI=1S/2C12H12N2O3/c1-3-17-12(16)10-11(15)14-8-5-4-7(2)6-9(8)13-10;1-3-17-12(16)10-11(15)14-9-6-7(2)4-5-8(9)13-10/h2*4-6H,3H2,1-2H3,(H,14,15). The van der Waals surface area contributed by atoms with Crippen molar-refractivity contribution in [2.24, 2.45) is 0 Å². The quantitative estimate of drug-likeness (QED) is 0.439. The maximum Gasteiger partial charge on any atom is 0.362 e. The Morgan fingerprint density at radius 1 is 0.735 bits per heavy atom. The number of nitrogens with one attached hydrogen (secondary N) is 2. The van der Waals surface area contributed by atoms with Gasteiger partial charge in [-0.3, -0.25) is 9.59 Å². The van der Waals surface area contributed by atoms with Crippen LogP contribution >= 0.6 is 0 Å². The molecule has 10 nitrogen and oxygen atoms in total. The van der Waals surface area contributed by atoms with E-state index in [1.165, 1.54) is 0 Å². The average molecular weight is 464 g/mol. The number of hydrogen-bond donors (Lipinski definition) is 2. The molecular weight excluding hydrogens is 440 g/mol. The molecule has 0 aliphatic heterocycles. The second-order valence-electron chi connectivity index (χ2n) is 7.31. The summed E-state index contributed by atoms with van der Waals surface area (Å²) in [6, 6.07) is 10.8. The van der Waals surface area contributed by atoms with E-state index in [0.29, 0.717) is 22.1 Å². The molecule has 0 unspecified atom stereocenters. The lowest BCUT2D eigenvalue weighted by Crippen LogP contribution is -2.22. The monoisotopic (exact) mass is 464 g/mol. The number of aryl methyl sites for hydroxylation is 2. The van der Waals surface area contributed by atoms with Crippen LogP contribution in [0.5, 0.6) is 0 Å². The number of rotatable bonds is 4. The predicted octanol–water partition coefficient (Wildman–Crippen LogP) is 2.82. The molecule has 0 spiro atoms. The maximum atomic E-state index is 11.6. The molecular formula is C24H24N4O6. The van der Waals surface area contributed by atoms with E-state index in [9.17, 15) is 19.2 Å². The third-order valence-corrected chi connectivity index (χ3v) is 4.63. The molecule has 0 radical (unpaired) electrons. The SMILES string of the molecule is CCOC(=O)c1nc2cc(C)ccc2[nH]c1=O.CCOC(=O)c1nc2ccc(C)cc2[nH]c1=O. The summed E-state index contributed by atoms with van der Waals surface area (Å²) in [5.74, 6) is -1.40. The summed E-state index contributed by atoms with van der Waals surface area (Å²) in [5, 5.41) is 0. The van der Waals surface area contributed by atoms with Crippen LogP contribution in [-0.2, 0) is 9.47 Å². The molecule has 0 aliphatic carbocycles. The first-order chi connectivity index (χ1) is 16.2. The summed E-state index contributed by atoms with van der Waals surface area (Å²) >= 11 is 0. The van der Waals surface area contributed by atoms with Gasteiger partial charge in [0.1, 0.15) is 0 Å². The number of carbonyl (C=O) groups is 2. The number of nitrogens with zero attached hydrogens (tertiary/aromatic N) is 2. The van der Waals surface area contributed by atoms with Gasteiger partial charge in [-0.2, -0.15) is 0 Å². The van der Waals surface area contributed by atoms with Crippen LogP contribution in [0.15, 0.2) is 46.0 Å². The van der Waals surface area contributed by atoms with Gasteiger partial charge in [0, 0.05) is 0 Å². The third-order valence-electron chi connectivity index (χ3n) is 4.63. The maximum absolute atomic E-state index is 11.6. The van der Waals surface area contributed by atoms with Crippen LogP contribution in [0.1, 0.15) is 46.0 Å². The molecule has 0 fully saturated rings. The van der Waals surface area contributed by atoms with E-state index in [0.717, 1.165) is 11.1 Å². The summed E-state index contributed by atoms with van der Waals surface area (Å²) in [6.07, 6.45) is 0. The second-order valence-corrected chi connectivity index (χ2v) is 7.31. The van der Waals surface area contributed by atoms with Gasteiger partial charge < -0.3 is 19.4 Å². The molecule has 0 amide bonds. The molecule has 10 heteroatoms. The number of fused-ring (bicyclic) bond motifs is 2. The van der Waals surface area contributed by atoms with Crippen molar-refractivity contribution in [3.63, 3.8) is 0 Å².